The number of nitrogens with one attached hydrogen (secondary N) is 2. The molecule has 6 nitrogen and oxygen atoms in total. The SMILES string of the molecule is Fc1ccn2c(-c3cncc(N[C@@H]4CCCNC4)n3)cnc2c1. The average molecular weight is 312 g/mol. The molecule has 3 aromatic rings. The van der Waals surface area contributed by atoms with E-state index in [2.05, 4.69) is 25.6 Å². The van der Waals surface area contributed by atoms with Gasteiger partial charge in [-0.2, -0.15) is 0 Å². The van der Waals surface area contributed by atoms with Crippen molar-refractivity contribution in [1.82, 2.24) is 24.7 Å². The number of aromatic nitrogens is 4. The minimum absolute atomic E-state index is 0.305. The number of nitrogens with zero attached hydrogens (tertiary/aromatic N) is 4. The van der Waals surface area contributed by atoms with Crippen molar-refractivity contribution in [1.29, 1.82) is 0 Å². The summed E-state index contributed by atoms with van der Waals surface area (Å²) in [4.78, 5) is 13.1. The molecule has 1 aliphatic heterocycles. The van der Waals surface area contributed by atoms with Crippen molar-refractivity contribution in [2.45, 2.75) is 18.9 Å². The summed E-state index contributed by atoms with van der Waals surface area (Å²) >= 11 is 0. The molecule has 3 aromatic heterocycles. The van der Waals surface area contributed by atoms with Crippen molar-refractivity contribution in [2.24, 2.45) is 0 Å². The molecule has 1 aliphatic rings. The molecule has 1 atom stereocenters. The van der Waals surface area contributed by atoms with E-state index in [1.54, 1.807) is 29.2 Å². The molecule has 4 heterocycles. The standard InChI is InChI=1S/C16H17FN6/c17-11-3-5-23-14(9-20-16(23)6-11)13-8-19-10-15(22-13)21-12-2-1-4-18-7-12/h3,5-6,8-10,12,18H,1-2,4,7H2,(H,21,22)/t12-/m1/s1. The van der Waals surface area contributed by atoms with E-state index < -0.39 is 0 Å². The van der Waals surface area contributed by atoms with Gasteiger partial charge in [0.15, 0.2) is 0 Å². The zero-order valence-corrected chi connectivity index (χ0v) is 12.5. The molecule has 0 spiro atoms. The highest BCUT2D eigenvalue weighted by atomic mass is 19.1. The van der Waals surface area contributed by atoms with Gasteiger partial charge in [0.05, 0.1) is 24.3 Å². The molecule has 0 aliphatic carbocycles. The van der Waals surface area contributed by atoms with Gasteiger partial charge in [-0.15, -0.1) is 0 Å². The Morgan fingerprint density at radius 2 is 2.26 bits per heavy atom. The molecule has 1 saturated heterocycles. The molecule has 23 heavy (non-hydrogen) atoms. The molecule has 2 N–H and O–H groups in total. The Balaban J connectivity index is 1.64. The monoisotopic (exact) mass is 312 g/mol. The number of anilines is 1. The third-order valence-electron chi connectivity index (χ3n) is 4.02. The summed E-state index contributed by atoms with van der Waals surface area (Å²) in [5.74, 6) is 0.439. The zero-order valence-electron chi connectivity index (χ0n) is 12.5. The van der Waals surface area contributed by atoms with Crippen LogP contribution in [0.5, 0.6) is 0 Å². The van der Waals surface area contributed by atoms with Gasteiger partial charge in [0.2, 0.25) is 0 Å². The van der Waals surface area contributed by atoms with E-state index in [0.29, 0.717) is 17.4 Å². The predicted octanol–water partition coefficient (Wildman–Crippen LogP) is 2.09. The van der Waals surface area contributed by atoms with Gasteiger partial charge < -0.3 is 10.6 Å². The average Bonchev–Trinajstić information content (AvgIpc) is 2.99. The van der Waals surface area contributed by atoms with Gasteiger partial charge >= 0.3 is 0 Å². The molecule has 0 aromatic carbocycles. The maximum atomic E-state index is 13.3. The second-order valence-electron chi connectivity index (χ2n) is 5.69. The lowest BCUT2D eigenvalue weighted by Crippen LogP contribution is -2.38. The summed E-state index contributed by atoms with van der Waals surface area (Å²) in [5, 5.41) is 6.78. The molecular formula is C16H17FN6. The van der Waals surface area contributed by atoms with Gasteiger partial charge in [0, 0.05) is 24.8 Å². The molecule has 1 fully saturated rings. The van der Waals surface area contributed by atoms with Crippen molar-refractivity contribution in [3.05, 3.63) is 42.7 Å². The number of hydrogen-bond acceptors (Lipinski definition) is 5. The van der Waals surface area contributed by atoms with Gasteiger partial charge in [-0.1, -0.05) is 0 Å². The third kappa shape index (κ3) is 2.87. The van der Waals surface area contributed by atoms with Crippen molar-refractivity contribution < 1.29 is 4.39 Å². The van der Waals surface area contributed by atoms with Crippen LogP contribution in [0.4, 0.5) is 10.2 Å². The molecule has 0 bridgehead atoms. The lowest BCUT2D eigenvalue weighted by molar-refractivity contribution is 0.479. The van der Waals surface area contributed by atoms with Crippen LogP contribution in [0.2, 0.25) is 0 Å². The number of imidazole rings is 1. The first-order valence-electron chi connectivity index (χ1n) is 7.72. The largest absolute Gasteiger partial charge is 0.365 e. The highest BCUT2D eigenvalue weighted by Crippen LogP contribution is 2.20. The lowest BCUT2D eigenvalue weighted by atomic mass is 10.1. The molecule has 4 rings (SSSR count). The normalized spacial score (nSPS) is 18.2. The van der Waals surface area contributed by atoms with Crippen molar-refractivity contribution in [3.8, 4) is 11.4 Å². The van der Waals surface area contributed by atoms with Gasteiger partial charge in [0.25, 0.3) is 0 Å². The Morgan fingerprint density at radius 3 is 3.13 bits per heavy atom. The fourth-order valence-corrected chi connectivity index (χ4v) is 2.89. The van der Waals surface area contributed by atoms with Crippen LogP contribution in [0.1, 0.15) is 12.8 Å². The van der Waals surface area contributed by atoms with E-state index in [1.807, 2.05) is 0 Å². The number of halogens is 1. The Kier molecular flexibility index (Phi) is 3.63. The quantitative estimate of drug-likeness (QED) is 0.775. The number of hydrogen-bond donors (Lipinski definition) is 2. The second-order valence-corrected chi connectivity index (χ2v) is 5.69. The Hall–Kier alpha value is -2.54. The fraction of sp³-hybridized carbons (Fsp3) is 0.312. The van der Waals surface area contributed by atoms with Gasteiger partial charge in [-0.25, -0.2) is 14.4 Å². The van der Waals surface area contributed by atoms with Crippen LogP contribution >= 0.6 is 0 Å². The topological polar surface area (TPSA) is 67.1 Å². The summed E-state index contributed by atoms with van der Waals surface area (Å²) in [6, 6.07) is 3.17. The number of pyridine rings is 1. The highest BCUT2D eigenvalue weighted by Gasteiger charge is 2.14. The number of piperidine rings is 1. The second kappa shape index (κ2) is 5.92. The van der Waals surface area contributed by atoms with Crippen LogP contribution in [0.25, 0.3) is 17.0 Å². The smallest absolute Gasteiger partial charge is 0.145 e. The highest BCUT2D eigenvalue weighted by molar-refractivity contribution is 5.60. The Morgan fingerprint density at radius 1 is 1.30 bits per heavy atom. The molecule has 0 amide bonds. The summed E-state index contributed by atoms with van der Waals surface area (Å²) in [5.41, 5.74) is 2.05. The first-order chi connectivity index (χ1) is 11.3. The predicted molar refractivity (Wildman–Crippen MR) is 85.7 cm³/mol. The number of fused-ring (bicyclic) bond motifs is 1. The Labute approximate surface area is 132 Å². The maximum Gasteiger partial charge on any atom is 0.145 e. The first-order valence-corrected chi connectivity index (χ1v) is 7.72. The first kappa shape index (κ1) is 14.1. The van der Waals surface area contributed by atoms with Crippen LogP contribution in [-0.4, -0.2) is 38.5 Å². The summed E-state index contributed by atoms with van der Waals surface area (Å²) in [7, 11) is 0. The summed E-state index contributed by atoms with van der Waals surface area (Å²) < 4.78 is 15.1. The zero-order chi connectivity index (χ0) is 15.6. The molecular weight excluding hydrogens is 295 g/mol. The Bertz CT molecular complexity index is 824. The van der Waals surface area contributed by atoms with E-state index in [4.69, 9.17) is 0 Å². The maximum absolute atomic E-state index is 13.3. The van der Waals surface area contributed by atoms with Crippen LogP contribution < -0.4 is 10.6 Å². The lowest BCUT2D eigenvalue weighted by Gasteiger charge is -2.24. The third-order valence-corrected chi connectivity index (χ3v) is 4.02. The van der Waals surface area contributed by atoms with Gasteiger partial charge in [0.1, 0.15) is 23.0 Å². The van der Waals surface area contributed by atoms with Crippen molar-refractivity contribution >= 4 is 11.5 Å². The minimum Gasteiger partial charge on any atom is -0.365 e. The van der Waals surface area contributed by atoms with Crippen LogP contribution in [0.15, 0.2) is 36.9 Å². The van der Waals surface area contributed by atoms with Crippen LogP contribution in [-0.2, 0) is 0 Å². The molecule has 0 radical (unpaired) electrons. The minimum atomic E-state index is -0.305. The molecule has 0 saturated carbocycles. The van der Waals surface area contributed by atoms with Crippen LogP contribution in [0.3, 0.4) is 0 Å². The summed E-state index contributed by atoms with van der Waals surface area (Å²) in [6.07, 6.45) is 9.03. The molecule has 7 heteroatoms. The molecule has 118 valence electrons. The van der Waals surface area contributed by atoms with E-state index in [1.165, 1.54) is 12.1 Å². The van der Waals surface area contributed by atoms with E-state index in [9.17, 15) is 4.39 Å². The van der Waals surface area contributed by atoms with Crippen molar-refractivity contribution in [2.75, 3.05) is 18.4 Å². The number of rotatable bonds is 3. The molecule has 0 unspecified atom stereocenters. The van der Waals surface area contributed by atoms with E-state index in [-0.39, 0.29) is 5.82 Å². The van der Waals surface area contributed by atoms with Gasteiger partial charge in [-0.3, -0.25) is 9.38 Å². The van der Waals surface area contributed by atoms with Crippen molar-refractivity contribution in [3.63, 3.8) is 0 Å². The fourth-order valence-electron chi connectivity index (χ4n) is 2.89. The van der Waals surface area contributed by atoms with Gasteiger partial charge in [-0.05, 0) is 25.5 Å². The van der Waals surface area contributed by atoms with Crippen LogP contribution in [0, 0.1) is 5.82 Å². The van der Waals surface area contributed by atoms with E-state index >= 15 is 0 Å². The van der Waals surface area contributed by atoms with E-state index in [0.717, 1.165) is 37.4 Å². The summed E-state index contributed by atoms with van der Waals surface area (Å²) in [6.45, 7) is 2.00.